The zero-order valence-electron chi connectivity index (χ0n) is 19.9. The fraction of sp³-hybridized carbons (Fsp3) is 0.360. The van der Waals surface area contributed by atoms with Gasteiger partial charge in [0.25, 0.3) is 5.91 Å². The maximum Gasteiger partial charge on any atom is 0.279 e. The molecule has 2 heterocycles. The van der Waals surface area contributed by atoms with Gasteiger partial charge in [-0.3, -0.25) is 4.79 Å². The SMILES string of the molecule is C=CCn1c(=NC(=O)c2ccc(S(=O)(=O)N(CC)CCCC)cc2)sc2cc3c(cc21)OCCO3. The highest BCUT2D eigenvalue weighted by Crippen LogP contribution is 2.35. The summed E-state index contributed by atoms with van der Waals surface area (Å²) in [5, 5.41) is 0. The number of allylic oxidation sites excluding steroid dienone is 1. The number of fused-ring (bicyclic) bond motifs is 2. The van der Waals surface area contributed by atoms with Crippen molar-refractivity contribution in [3.05, 3.63) is 59.4 Å². The van der Waals surface area contributed by atoms with Crippen molar-refractivity contribution in [1.82, 2.24) is 8.87 Å². The van der Waals surface area contributed by atoms with Crippen LogP contribution in [0.1, 0.15) is 37.0 Å². The number of sulfonamides is 1. The molecule has 4 rings (SSSR count). The number of carbonyl (C=O) groups excluding carboxylic acids is 1. The van der Waals surface area contributed by atoms with Gasteiger partial charge in [-0.1, -0.05) is 37.7 Å². The van der Waals surface area contributed by atoms with Gasteiger partial charge in [-0.05, 0) is 30.7 Å². The summed E-state index contributed by atoms with van der Waals surface area (Å²) in [4.78, 5) is 18.0. The van der Waals surface area contributed by atoms with E-state index in [0.29, 0.717) is 54.7 Å². The van der Waals surface area contributed by atoms with E-state index < -0.39 is 15.9 Å². The second-order valence-corrected chi connectivity index (χ2v) is 11.0. The molecule has 186 valence electrons. The van der Waals surface area contributed by atoms with Gasteiger partial charge < -0.3 is 14.0 Å². The molecule has 0 spiro atoms. The minimum Gasteiger partial charge on any atom is -0.486 e. The lowest BCUT2D eigenvalue weighted by Gasteiger charge is -2.20. The van der Waals surface area contributed by atoms with Gasteiger partial charge in [0.05, 0.1) is 15.1 Å². The van der Waals surface area contributed by atoms with Crippen LogP contribution in [0.25, 0.3) is 10.2 Å². The molecule has 8 nitrogen and oxygen atoms in total. The number of aromatic nitrogens is 1. The van der Waals surface area contributed by atoms with Crippen LogP contribution in [0.5, 0.6) is 11.5 Å². The highest BCUT2D eigenvalue weighted by molar-refractivity contribution is 7.89. The Morgan fingerprint density at radius 1 is 1.17 bits per heavy atom. The lowest BCUT2D eigenvalue weighted by atomic mass is 10.2. The quantitative estimate of drug-likeness (QED) is 0.398. The van der Waals surface area contributed by atoms with Crippen molar-refractivity contribution in [2.24, 2.45) is 4.99 Å². The van der Waals surface area contributed by atoms with E-state index in [0.717, 1.165) is 23.1 Å². The van der Waals surface area contributed by atoms with Crippen LogP contribution in [0.4, 0.5) is 0 Å². The van der Waals surface area contributed by atoms with E-state index in [1.807, 2.05) is 30.5 Å². The number of thiazole rings is 1. The third-order valence-electron chi connectivity index (χ3n) is 5.71. The summed E-state index contributed by atoms with van der Waals surface area (Å²) in [6, 6.07) is 9.76. The molecule has 1 aliphatic heterocycles. The number of amides is 1. The van der Waals surface area contributed by atoms with Gasteiger partial charge in [0.1, 0.15) is 13.2 Å². The molecule has 0 saturated heterocycles. The van der Waals surface area contributed by atoms with Gasteiger partial charge >= 0.3 is 0 Å². The van der Waals surface area contributed by atoms with Gasteiger partial charge in [-0.25, -0.2) is 8.42 Å². The molecule has 0 radical (unpaired) electrons. The Hall–Kier alpha value is -2.95. The predicted molar refractivity (Wildman–Crippen MR) is 137 cm³/mol. The van der Waals surface area contributed by atoms with E-state index >= 15 is 0 Å². The largest absolute Gasteiger partial charge is 0.486 e. The summed E-state index contributed by atoms with van der Waals surface area (Å²) in [5.41, 5.74) is 1.19. The molecule has 1 amide bonds. The molecule has 1 aliphatic rings. The first kappa shape index (κ1) is 25.2. The molecule has 0 bridgehead atoms. The summed E-state index contributed by atoms with van der Waals surface area (Å²) in [5.74, 6) is 0.883. The molecule has 0 unspecified atom stereocenters. The fourth-order valence-corrected chi connectivity index (χ4v) is 6.39. The number of unbranched alkanes of at least 4 members (excludes halogenated alkanes) is 1. The van der Waals surface area contributed by atoms with Crippen molar-refractivity contribution in [2.45, 2.75) is 38.1 Å². The topological polar surface area (TPSA) is 90.2 Å². The molecule has 1 aromatic heterocycles. The Labute approximate surface area is 209 Å². The van der Waals surface area contributed by atoms with Crippen LogP contribution >= 0.6 is 11.3 Å². The number of hydrogen-bond donors (Lipinski definition) is 0. The van der Waals surface area contributed by atoms with Crippen LogP contribution in [-0.4, -0.2) is 49.5 Å². The minimum atomic E-state index is -3.61. The summed E-state index contributed by atoms with van der Waals surface area (Å²) in [6.45, 7) is 9.98. The Balaban J connectivity index is 1.66. The lowest BCUT2D eigenvalue weighted by molar-refractivity contribution is 0.0997. The fourth-order valence-electron chi connectivity index (χ4n) is 3.85. The smallest absolute Gasteiger partial charge is 0.279 e. The van der Waals surface area contributed by atoms with Crippen LogP contribution in [0.2, 0.25) is 0 Å². The first-order valence-corrected chi connectivity index (χ1v) is 13.9. The molecule has 0 N–H and O–H groups in total. The summed E-state index contributed by atoms with van der Waals surface area (Å²) in [6.07, 6.45) is 3.45. The zero-order chi connectivity index (χ0) is 25.0. The predicted octanol–water partition coefficient (Wildman–Crippen LogP) is 4.21. The van der Waals surface area contributed by atoms with Gasteiger partial charge in [0, 0.05) is 37.3 Å². The molecule has 0 atom stereocenters. The number of carbonyl (C=O) groups is 1. The number of hydrogen-bond acceptors (Lipinski definition) is 6. The number of ether oxygens (including phenoxy) is 2. The standard InChI is InChI=1S/C25H29N3O5S2/c1-4-7-13-27(6-3)35(30,31)19-10-8-18(9-11-19)24(29)26-25-28(12-5-2)20-16-21-22(17-23(20)34-25)33-15-14-32-21/h5,8-11,16-17H,2,4,6-7,12-15H2,1,3H3. The van der Waals surface area contributed by atoms with Crippen molar-refractivity contribution < 1.29 is 22.7 Å². The highest BCUT2D eigenvalue weighted by Gasteiger charge is 2.23. The zero-order valence-corrected chi connectivity index (χ0v) is 21.5. The molecule has 2 aromatic carbocycles. The third kappa shape index (κ3) is 5.19. The Morgan fingerprint density at radius 2 is 1.86 bits per heavy atom. The van der Waals surface area contributed by atoms with Gasteiger partial charge in [-0.2, -0.15) is 9.30 Å². The summed E-state index contributed by atoms with van der Waals surface area (Å²) in [7, 11) is -3.61. The van der Waals surface area contributed by atoms with Crippen LogP contribution in [0.15, 0.2) is 58.9 Å². The van der Waals surface area contributed by atoms with Crippen molar-refractivity contribution in [3.8, 4) is 11.5 Å². The van der Waals surface area contributed by atoms with Crippen molar-refractivity contribution in [3.63, 3.8) is 0 Å². The molecule has 0 aliphatic carbocycles. The van der Waals surface area contributed by atoms with E-state index in [1.54, 1.807) is 6.08 Å². The van der Waals surface area contributed by atoms with E-state index in [9.17, 15) is 13.2 Å². The van der Waals surface area contributed by atoms with Crippen LogP contribution in [0.3, 0.4) is 0 Å². The first-order valence-electron chi connectivity index (χ1n) is 11.6. The minimum absolute atomic E-state index is 0.168. The maximum atomic E-state index is 13.0. The van der Waals surface area contributed by atoms with Crippen LogP contribution in [-0.2, 0) is 16.6 Å². The van der Waals surface area contributed by atoms with Gasteiger partial charge in [0.15, 0.2) is 16.3 Å². The van der Waals surface area contributed by atoms with Crippen LogP contribution in [0, 0.1) is 0 Å². The van der Waals surface area contributed by atoms with Gasteiger partial charge in [-0.15, -0.1) is 6.58 Å². The molecule has 0 fully saturated rings. The van der Waals surface area contributed by atoms with Crippen molar-refractivity contribution in [1.29, 1.82) is 0 Å². The third-order valence-corrected chi connectivity index (χ3v) is 8.74. The highest BCUT2D eigenvalue weighted by atomic mass is 32.2. The molecule has 0 saturated carbocycles. The number of benzene rings is 2. The average Bonchev–Trinajstić information content (AvgIpc) is 3.18. The van der Waals surface area contributed by atoms with E-state index in [4.69, 9.17) is 9.47 Å². The van der Waals surface area contributed by atoms with Crippen LogP contribution < -0.4 is 14.3 Å². The molecule has 3 aromatic rings. The molecular formula is C25H29N3O5S2. The van der Waals surface area contributed by atoms with E-state index in [1.165, 1.54) is 39.9 Å². The Morgan fingerprint density at radius 3 is 2.49 bits per heavy atom. The second-order valence-electron chi connectivity index (χ2n) is 8.04. The normalized spacial score (nSPS) is 14.0. The average molecular weight is 516 g/mol. The van der Waals surface area contributed by atoms with Crippen molar-refractivity contribution >= 4 is 37.5 Å². The first-order chi connectivity index (χ1) is 16.9. The molecule has 35 heavy (non-hydrogen) atoms. The number of rotatable bonds is 9. The van der Waals surface area contributed by atoms with Crippen molar-refractivity contribution in [2.75, 3.05) is 26.3 Å². The molecule has 10 heteroatoms. The maximum absolute atomic E-state index is 13.0. The summed E-state index contributed by atoms with van der Waals surface area (Å²) >= 11 is 1.37. The Bertz CT molecular complexity index is 1410. The Kier molecular flexibility index (Phi) is 7.73. The second kappa shape index (κ2) is 10.8. The van der Waals surface area contributed by atoms with E-state index in [2.05, 4.69) is 11.6 Å². The van der Waals surface area contributed by atoms with E-state index in [-0.39, 0.29) is 4.90 Å². The molecular weight excluding hydrogens is 486 g/mol. The van der Waals surface area contributed by atoms with Gasteiger partial charge in [0.2, 0.25) is 10.0 Å². The monoisotopic (exact) mass is 515 g/mol. The summed E-state index contributed by atoms with van der Waals surface area (Å²) < 4.78 is 41.6. The number of nitrogens with zero attached hydrogens (tertiary/aromatic N) is 3. The lowest BCUT2D eigenvalue weighted by Crippen LogP contribution is -2.31.